The van der Waals surface area contributed by atoms with Crippen molar-refractivity contribution < 1.29 is 14.4 Å². The highest BCUT2D eigenvalue weighted by Crippen LogP contribution is 2.23. The normalized spacial score (nSPS) is 14.5. The van der Waals surface area contributed by atoms with Crippen LogP contribution >= 0.6 is 0 Å². The molecule has 0 spiro atoms. The highest BCUT2D eigenvalue weighted by Gasteiger charge is 2.28. The highest BCUT2D eigenvalue weighted by molar-refractivity contribution is 6.38. The Labute approximate surface area is 153 Å². The van der Waals surface area contributed by atoms with Crippen LogP contribution in [-0.4, -0.2) is 30.2 Å². The predicted molar refractivity (Wildman–Crippen MR) is 102 cm³/mol. The monoisotopic (exact) mass is 352 g/mol. The van der Waals surface area contributed by atoms with Crippen molar-refractivity contribution in [2.45, 2.75) is 72.8 Å². The maximum absolute atomic E-state index is 12.5. The lowest BCUT2D eigenvalue weighted by atomic mass is 9.85. The number of allylic oxidation sites excluding steroid dienone is 1. The molecule has 0 bridgehead atoms. The van der Waals surface area contributed by atoms with Crippen LogP contribution in [0.25, 0.3) is 0 Å². The van der Waals surface area contributed by atoms with Crippen molar-refractivity contribution >= 4 is 17.6 Å². The first-order valence-electron chi connectivity index (χ1n) is 9.51. The smallest absolute Gasteiger partial charge is 0.289 e. The van der Waals surface area contributed by atoms with Gasteiger partial charge in [-0.3, -0.25) is 14.4 Å². The quantitative estimate of drug-likeness (QED) is 0.395. The SMILES string of the molecule is C=CCCC(NC(=O)C(C)C[C@H](CC)C(C)C)C(=O)C(=O)NCCC. The Bertz CT molecular complexity index is 446. The summed E-state index contributed by atoms with van der Waals surface area (Å²) < 4.78 is 0. The number of Topliss-reactive ketones (excluding diaryl/α,β-unsaturated/α-hetero) is 1. The van der Waals surface area contributed by atoms with Crippen molar-refractivity contribution in [1.82, 2.24) is 10.6 Å². The van der Waals surface area contributed by atoms with Crippen LogP contribution in [-0.2, 0) is 14.4 Å². The summed E-state index contributed by atoms with van der Waals surface area (Å²) in [5.74, 6) is -0.576. The standard InChI is InChI=1S/C20H36N2O3/c1-7-10-11-17(18(23)20(25)21-12-8-2)22-19(24)15(6)13-16(9-3)14(4)5/h7,14-17H,1,8-13H2,2-6H3,(H,21,25)(H,22,24)/t15?,16-,17?/m0/s1. The first kappa shape index (κ1) is 23.4. The number of carbonyl (C=O) groups is 3. The van der Waals surface area contributed by atoms with Gasteiger partial charge in [0.2, 0.25) is 11.7 Å². The zero-order chi connectivity index (χ0) is 19.4. The summed E-state index contributed by atoms with van der Waals surface area (Å²) in [5, 5.41) is 5.36. The molecule has 0 aromatic heterocycles. The molecule has 0 saturated heterocycles. The molecule has 0 aromatic rings. The second-order valence-electron chi connectivity index (χ2n) is 7.10. The van der Waals surface area contributed by atoms with Crippen molar-refractivity contribution in [2.24, 2.45) is 17.8 Å². The van der Waals surface area contributed by atoms with Gasteiger partial charge in [-0.15, -0.1) is 6.58 Å². The summed E-state index contributed by atoms with van der Waals surface area (Å²) in [6.07, 6.45) is 5.20. The second kappa shape index (κ2) is 12.7. The van der Waals surface area contributed by atoms with Gasteiger partial charge >= 0.3 is 0 Å². The molecule has 2 N–H and O–H groups in total. The van der Waals surface area contributed by atoms with E-state index in [1.807, 2.05) is 13.8 Å². The molecular weight excluding hydrogens is 316 g/mol. The van der Waals surface area contributed by atoms with Gasteiger partial charge in [-0.1, -0.05) is 47.1 Å². The van der Waals surface area contributed by atoms with Crippen LogP contribution < -0.4 is 10.6 Å². The fourth-order valence-corrected chi connectivity index (χ4v) is 2.82. The minimum atomic E-state index is -0.788. The van der Waals surface area contributed by atoms with Gasteiger partial charge in [0.15, 0.2) is 0 Å². The van der Waals surface area contributed by atoms with E-state index in [1.165, 1.54) is 0 Å². The van der Waals surface area contributed by atoms with Crippen LogP contribution in [0.2, 0.25) is 0 Å². The highest BCUT2D eigenvalue weighted by atomic mass is 16.2. The largest absolute Gasteiger partial charge is 0.349 e. The molecule has 144 valence electrons. The van der Waals surface area contributed by atoms with Gasteiger partial charge in [-0.2, -0.15) is 0 Å². The molecule has 0 aromatic carbocycles. The van der Waals surface area contributed by atoms with E-state index in [0.29, 0.717) is 31.2 Å². The fourth-order valence-electron chi connectivity index (χ4n) is 2.82. The Morgan fingerprint density at radius 1 is 1.12 bits per heavy atom. The number of ketones is 1. The summed E-state index contributed by atoms with van der Waals surface area (Å²) in [5.41, 5.74) is 0. The summed E-state index contributed by atoms with van der Waals surface area (Å²) in [4.78, 5) is 36.8. The zero-order valence-corrected chi connectivity index (χ0v) is 16.6. The molecule has 2 amide bonds. The van der Waals surface area contributed by atoms with E-state index in [9.17, 15) is 14.4 Å². The Morgan fingerprint density at radius 2 is 1.76 bits per heavy atom. The number of hydrogen-bond donors (Lipinski definition) is 2. The van der Waals surface area contributed by atoms with Crippen molar-refractivity contribution in [2.75, 3.05) is 6.54 Å². The van der Waals surface area contributed by atoms with E-state index in [-0.39, 0.29) is 11.8 Å². The first-order chi connectivity index (χ1) is 11.8. The van der Waals surface area contributed by atoms with E-state index in [0.717, 1.165) is 19.3 Å². The fraction of sp³-hybridized carbons (Fsp3) is 0.750. The molecule has 0 radical (unpaired) electrons. The molecule has 0 heterocycles. The Kier molecular flexibility index (Phi) is 11.8. The van der Waals surface area contributed by atoms with Gasteiger partial charge in [-0.05, 0) is 37.5 Å². The first-order valence-corrected chi connectivity index (χ1v) is 9.51. The molecule has 3 atom stereocenters. The van der Waals surface area contributed by atoms with E-state index in [4.69, 9.17) is 0 Å². The van der Waals surface area contributed by atoms with Crippen molar-refractivity contribution in [3.05, 3.63) is 12.7 Å². The van der Waals surface area contributed by atoms with Gasteiger partial charge in [0.1, 0.15) is 0 Å². The predicted octanol–water partition coefficient (Wildman–Crippen LogP) is 3.24. The topological polar surface area (TPSA) is 75.3 Å². The minimum absolute atomic E-state index is 0.162. The van der Waals surface area contributed by atoms with Gasteiger partial charge in [0.05, 0.1) is 6.04 Å². The van der Waals surface area contributed by atoms with E-state index in [1.54, 1.807) is 6.08 Å². The van der Waals surface area contributed by atoms with Gasteiger partial charge < -0.3 is 10.6 Å². The molecule has 5 nitrogen and oxygen atoms in total. The van der Waals surface area contributed by atoms with Crippen LogP contribution in [0.4, 0.5) is 0 Å². The molecular formula is C20H36N2O3. The lowest BCUT2D eigenvalue weighted by Crippen LogP contribution is -2.49. The molecule has 0 aliphatic rings. The second-order valence-corrected chi connectivity index (χ2v) is 7.10. The lowest BCUT2D eigenvalue weighted by molar-refractivity contribution is -0.140. The third kappa shape index (κ3) is 8.84. The summed E-state index contributed by atoms with van der Waals surface area (Å²) in [6.45, 7) is 14.3. The molecule has 25 heavy (non-hydrogen) atoms. The Hall–Kier alpha value is -1.65. The Balaban J connectivity index is 4.88. The maximum atomic E-state index is 12.5. The average Bonchev–Trinajstić information content (AvgIpc) is 2.59. The van der Waals surface area contributed by atoms with Crippen LogP contribution in [0.15, 0.2) is 12.7 Å². The van der Waals surface area contributed by atoms with Crippen molar-refractivity contribution in [3.63, 3.8) is 0 Å². The molecule has 2 unspecified atom stereocenters. The number of amides is 2. The molecule has 0 aliphatic carbocycles. The summed E-state index contributed by atoms with van der Waals surface area (Å²) in [6, 6.07) is -0.788. The average molecular weight is 353 g/mol. The van der Waals surface area contributed by atoms with E-state index in [2.05, 4.69) is 38.0 Å². The van der Waals surface area contributed by atoms with Crippen LogP contribution in [0.5, 0.6) is 0 Å². The third-order valence-electron chi connectivity index (χ3n) is 4.62. The number of nitrogens with one attached hydrogen (secondary N) is 2. The number of hydrogen-bond acceptors (Lipinski definition) is 3. The lowest BCUT2D eigenvalue weighted by Gasteiger charge is -2.24. The van der Waals surface area contributed by atoms with Gasteiger partial charge in [0, 0.05) is 12.5 Å². The van der Waals surface area contributed by atoms with Crippen LogP contribution in [0, 0.1) is 17.8 Å². The van der Waals surface area contributed by atoms with Crippen molar-refractivity contribution in [1.29, 1.82) is 0 Å². The molecule has 0 fully saturated rings. The zero-order valence-electron chi connectivity index (χ0n) is 16.6. The van der Waals surface area contributed by atoms with Crippen LogP contribution in [0.1, 0.15) is 66.7 Å². The number of carbonyl (C=O) groups excluding carboxylic acids is 3. The Morgan fingerprint density at radius 3 is 2.24 bits per heavy atom. The van der Waals surface area contributed by atoms with E-state index >= 15 is 0 Å². The molecule has 5 heteroatoms. The van der Waals surface area contributed by atoms with Gasteiger partial charge in [-0.25, -0.2) is 0 Å². The summed E-state index contributed by atoms with van der Waals surface area (Å²) >= 11 is 0. The third-order valence-corrected chi connectivity index (χ3v) is 4.62. The molecule has 0 saturated carbocycles. The summed E-state index contributed by atoms with van der Waals surface area (Å²) in [7, 11) is 0. The minimum Gasteiger partial charge on any atom is -0.349 e. The molecule has 0 aliphatic heterocycles. The van der Waals surface area contributed by atoms with Crippen LogP contribution in [0.3, 0.4) is 0 Å². The maximum Gasteiger partial charge on any atom is 0.289 e. The van der Waals surface area contributed by atoms with Gasteiger partial charge in [0.25, 0.3) is 5.91 Å². The van der Waals surface area contributed by atoms with E-state index < -0.39 is 17.7 Å². The van der Waals surface area contributed by atoms with Crippen molar-refractivity contribution in [3.8, 4) is 0 Å². The molecule has 0 rings (SSSR count). The number of rotatable bonds is 13.